The van der Waals surface area contributed by atoms with Crippen LogP contribution in [0.3, 0.4) is 0 Å². The summed E-state index contributed by atoms with van der Waals surface area (Å²) in [6, 6.07) is 9.65. The second-order valence-electron chi connectivity index (χ2n) is 4.33. The zero-order valence-corrected chi connectivity index (χ0v) is 12.3. The Kier molecular flexibility index (Phi) is 6.03. The fraction of sp³-hybridized carbons (Fsp3) is 0. The first-order valence-corrected chi connectivity index (χ1v) is 6.30. The predicted octanol–water partition coefficient (Wildman–Crippen LogP) is 1.90. The van der Waals surface area contributed by atoms with E-state index >= 15 is 0 Å². The van der Waals surface area contributed by atoms with E-state index in [4.69, 9.17) is 10.8 Å². The van der Waals surface area contributed by atoms with Crippen LogP contribution in [-0.2, 0) is 0 Å². The fourth-order valence-electron chi connectivity index (χ4n) is 1.58. The minimum Gasteiger partial charge on any atom is -0.497 e. The van der Waals surface area contributed by atoms with Crippen LogP contribution in [0.15, 0.2) is 42.5 Å². The maximum absolute atomic E-state index is 10.4. The molecule has 0 aliphatic heterocycles. The van der Waals surface area contributed by atoms with Gasteiger partial charge in [-0.1, -0.05) is 18.2 Å². The van der Waals surface area contributed by atoms with Gasteiger partial charge >= 0.3 is 11.4 Å². The Morgan fingerprint density at radius 3 is 1.60 bits per heavy atom. The first kappa shape index (κ1) is 19.0. The van der Waals surface area contributed by atoms with Gasteiger partial charge in [0.25, 0.3) is 11.4 Å². The number of carbonyl (C=O) groups excluding carboxylic acids is 1. The van der Waals surface area contributed by atoms with E-state index in [0.29, 0.717) is 17.7 Å². The standard InChI is InChI=1S/C7H7NO.C6H3N3O7/c8-7(9)6-4-2-1-3-5-6;10-6-4(8(13)14)1-3(7(11)12)2-5(6)9(15)16/h1-5H,(H2,8,9);1-2,10H. The van der Waals surface area contributed by atoms with Gasteiger partial charge < -0.3 is 10.8 Å². The number of nitrogens with zero attached hydrogens (tertiary/aromatic N) is 3. The number of hydrogen-bond donors (Lipinski definition) is 2. The van der Waals surface area contributed by atoms with Crippen LogP contribution in [0, 0.1) is 30.3 Å². The van der Waals surface area contributed by atoms with Crippen LogP contribution in [0.1, 0.15) is 10.4 Å². The molecule has 2 aromatic carbocycles. The third-order valence-electron chi connectivity index (χ3n) is 2.72. The number of primary amides is 1. The van der Waals surface area contributed by atoms with Crippen LogP contribution < -0.4 is 5.73 Å². The number of nitrogens with two attached hydrogens (primary N) is 1. The van der Waals surface area contributed by atoms with Crippen molar-refractivity contribution < 1.29 is 24.7 Å². The van der Waals surface area contributed by atoms with E-state index in [9.17, 15) is 35.1 Å². The summed E-state index contributed by atoms with van der Waals surface area (Å²) < 4.78 is 0. The van der Waals surface area contributed by atoms with Gasteiger partial charge in [-0.2, -0.15) is 0 Å². The average Bonchev–Trinajstić information content (AvgIpc) is 2.55. The molecule has 3 N–H and O–H groups in total. The molecule has 2 rings (SSSR count). The lowest BCUT2D eigenvalue weighted by molar-refractivity contribution is -0.404. The van der Waals surface area contributed by atoms with Gasteiger partial charge in [0.1, 0.15) is 0 Å². The van der Waals surface area contributed by atoms with Gasteiger partial charge in [0.05, 0.1) is 26.9 Å². The number of aromatic hydroxyl groups is 1. The summed E-state index contributed by atoms with van der Waals surface area (Å²) in [5.41, 5.74) is 2.53. The minimum absolute atomic E-state index is 0.379. The Hall–Kier alpha value is -4.09. The number of nitro benzene ring substituents is 3. The molecular formula is C13H10N4O8. The summed E-state index contributed by atoms with van der Waals surface area (Å²) in [6.07, 6.45) is 0. The SMILES string of the molecule is NC(=O)c1ccccc1.O=[N+]([O-])c1cc([N+](=O)[O-])c(O)c([N+](=O)[O-])c1. The highest BCUT2D eigenvalue weighted by Gasteiger charge is 2.30. The number of phenols is 1. The van der Waals surface area contributed by atoms with Crippen LogP contribution in [0.4, 0.5) is 17.1 Å². The molecule has 2 aromatic rings. The van der Waals surface area contributed by atoms with E-state index in [1.54, 1.807) is 24.3 Å². The molecule has 0 unspecified atom stereocenters. The van der Waals surface area contributed by atoms with Gasteiger partial charge in [-0.25, -0.2) is 0 Å². The number of hydrogen-bond acceptors (Lipinski definition) is 8. The van der Waals surface area contributed by atoms with Crippen molar-refractivity contribution in [3.63, 3.8) is 0 Å². The highest BCUT2D eigenvalue weighted by atomic mass is 16.6. The van der Waals surface area contributed by atoms with E-state index in [-0.39, 0.29) is 5.91 Å². The topological polar surface area (TPSA) is 193 Å². The minimum atomic E-state index is -1.21. The van der Waals surface area contributed by atoms with Crippen LogP contribution >= 0.6 is 0 Å². The van der Waals surface area contributed by atoms with E-state index in [0.717, 1.165) is 0 Å². The normalized spacial score (nSPS) is 9.44. The highest BCUT2D eigenvalue weighted by molar-refractivity contribution is 5.92. The molecule has 0 bridgehead atoms. The molecule has 0 radical (unpaired) electrons. The molecule has 1 amide bonds. The number of rotatable bonds is 4. The lowest BCUT2D eigenvalue weighted by Gasteiger charge is -1.97. The van der Waals surface area contributed by atoms with Crippen LogP contribution in [-0.4, -0.2) is 25.8 Å². The Balaban J connectivity index is 0.000000293. The number of phenolic OH excluding ortho intramolecular Hbond substituents is 1. The lowest BCUT2D eigenvalue weighted by atomic mass is 10.2. The zero-order chi connectivity index (χ0) is 19.1. The maximum Gasteiger partial charge on any atom is 0.324 e. The molecule has 0 fully saturated rings. The van der Waals surface area contributed by atoms with Crippen molar-refractivity contribution >= 4 is 23.0 Å². The number of nitro groups is 3. The summed E-state index contributed by atoms with van der Waals surface area (Å²) in [7, 11) is 0. The van der Waals surface area contributed by atoms with Crippen LogP contribution in [0.2, 0.25) is 0 Å². The van der Waals surface area contributed by atoms with Gasteiger partial charge in [-0.3, -0.25) is 35.1 Å². The number of amides is 1. The van der Waals surface area contributed by atoms with Gasteiger partial charge in [0.15, 0.2) is 0 Å². The third-order valence-corrected chi connectivity index (χ3v) is 2.72. The van der Waals surface area contributed by atoms with Gasteiger partial charge in [0.2, 0.25) is 5.91 Å². The molecule has 0 atom stereocenters. The van der Waals surface area contributed by atoms with Gasteiger partial charge in [-0.15, -0.1) is 0 Å². The third kappa shape index (κ3) is 4.95. The lowest BCUT2D eigenvalue weighted by Crippen LogP contribution is -2.09. The molecule has 0 spiro atoms. The number of carbonyl (C=O) groups is 1. The fourth-order valence-corrected chi connectivity index (χ4v) is 1.58. The second kappa shape index (κ2) is 7.96. The first-order chi connectivity index (χ1) is 11.6. The molecule has 130 valence electrons. The molecule has 0 saturated carbocycles. The van der Waals surface area contributed by atoms with Crippen molar-refractivity contribution in [1.82, 2.24) is 0 Å². The molecular weight excluding hydrogens is 340 g/mol. The van der Waals surface area contributed by atoms with Crippen molar-refractivity contribution in [2.45, 2.75) is 0 Å². The summed E-state index contributed by atoms with van der Waals surface area (Å²) in [6.45, 7) is 0. The van der Waals surface area contributed by atoms with E-state index in [1.165, 1.54) is 0 Å². The molecule has 0 aromatic heterocycles. The Morgan fingerprint density at radius 2 is 1.32 bits per heavy atom. The molecule has 0 heterocycles. The smallest absolute Gasteiger partial charge is 0.324 e. The summed E-state index contributed by atoms with van der Waals surface area (Å²) in [4.78, 5) is 38.2. The molecule has 0 aliphatic rings. The molecule has 12 heteroatoms. The van der Waals surface area contributed by atoms with Gasteiger partial charge in [-0.05, 0) is 12.1 Å². The monoisotopic (exact) mass is 350 g/mol. The molecule has 0 saturated heterocycles. The molecule has 12 nitrogen and oxygen atoms in total. The first-order valence-electron chi connectivity index (χ1n) is 6.30. The Morgan fingerprint density at radius 1 is 0.880 bits per heavy atom. The van der Waals surface area contributed by atoms with Crippen molar-refractivity contribution in [2.24, 2.45) is 5.73 Å². The van der Waals surface area contributed by atoms with Gasteiger partial charge in [0, 0.05) is 5.56 Å². The van der Waals surface area contributed by atoms with E-state index in [1.807, 2.05) is 6.07 Å². The van der Waals surface area contributed by atoms with E-state index < -0.39 is 37.6 Å². The van der Waals surface area contributed by atoms with Crippen molar-refractivity contribution in [3.8, 4) is 5.75 Å². The zero-order valence-electron chi connectivity index (χ0n) is 12.3. The summed E-state index contributed by atoms with van der Waals surface area (Å²) in [5, 5.41) is 40.2. The van der Waals surface area contributed by atoms with Crippen LogP contribution in [0.5, 0.6) is 5.75 Å². The quantitative estimate of drug-likeness (QED) is 0.616. The Labute approximate surface area is 138 Å². The average molecular weight is 350 g/mol. The predicted molar refractivity (Wildman–Crippen MR) is 83.0 cm³/mol. The van der Waals surface area contributed by atoms with E-state index in [2.05, 4.69) is 0 Å². The van der Waals surface area contributed by atoms with Crippen molar-refractivity contribution in [3.05, 3.63) is 78.4 Å². The molecule has 25 heavy (non-hydrogen) atoms. The largest absolute Gasteiger partial charge is 0.497 e. The summed E-state index contributed by atoms with van der Waals surface area (Å²) >= 11 is 0. The van der Waals surface area contributed by atoms with Crippen molar-refractivity contribution in [1.29, 1.82) is 0 Å². The van der Waals surface area contributed by atoms with Crippen molar-refractivity contribution in [2.75, 3.05) is 0 Å². The number of benzene rings is 2. The number of non-ortho nitro benzene ring substituents is 1. The molecule has 0 aliphatic carbocycles. The highest BCUT2D eigenvalue weighted by Crippen LogP contribution is 2.38. The Bertz CT molecular complexity index is 802. The maximum atomic E-state index is 10.4. The second-order valence-corrected chi connectivity index (χ2v) is 4.33. The van der Waals surface area contributed by atoms with Crippen LogP contribution in [0.25, 0.3) is 0 Å². The summed E-state index contributed by atoms with van der Waals surface area (Å²) in [5.74, 6) is -1.59.